The van der Waals surface area contributed by atoms with Crippen molar-refractivity contribution in [2.45, 2.75) is 6.54 Å². The number of hydrogen-bond acceptors (Lipinski definition) is 3. The van der Waals surface area contributed by atoms with Crippen molar-refractivity contribution < 1.29 is 9.53 Å². The molecule has 1 heterocycles. The van der Waals surface area contributed by atoms with Gasteiger partial charge < -0.3 is 10.1 Å². The molecule has 0 aliphatic heterocycles. The van der Waals surface area contributed by atoms with E-state index in [9.17, 15) is 4.79 Å². The quantitative estimate of drug-likeness (QED) is 0.732. The third-order valence-electron chi connectivity index (χ3n) is 3.70. The van der Waals surface area contributed by atoms with E-state index in [1.807, 2.05) is 60.7 Å². The van der Waals surface area contributed by atoms with Gasteiger partial charge in [-0.15, -0.1) is 0 Å². The number of rotatable bonds is 5. The van der Waals surface area contributed by atoms with Crippen LogP contribution in [-0.4, -0.2) is 18.0 Å². The molecule has 120 valence electrons. The average molecular weight is 318 g/mol. The summed E-state index contributed by atoms with van der Waals surface area (Å²) in [5.74, 6) is 0.638. The van der Waals surface area contributed by atoms with Crippen LogP contribution in [-0.2, 0) is 11.3 Å². The van der Waals surface area contributed by atoms with Gasteiger partial charge >= 0.3 is 0 Å². The highest BCUT2D eigenvalue weighted by Gasteiger charge is 2.01. The lowest BCUT2D eigenvalue weighted by Crippen LogP contribution is -2.20. The van der Waals surface area contributed by atoms with Gasteiger partial charge in [0.15, 0.2) is 0 Å². The van der Waals surface area contributed by atoms with E-state index < -0.39 is 0 Å². The minimum absolute atomic E-state index is 0.140. The van der Waals surface area contributed by atoms with Crippen LogP contribution in [0.4, 0.5) is 0 Å². The Labute approximate surface area is 140 Å². The molecule has 3 rings (SSSR count). The fourth-order valence-electron chi connectivity index (χ4n) is 2.46. The molecular formula is C20H18N2O2. The summed E-state index contributed by atoms with van der Waals surface area (Å²) in [6.45, 7) is 0.456. The largest absolute Gasteiger partial charge is 0.497 e. The van der Waals surface area contributed by atoms with E-state index >= 15 is 0 Å². The first kappa shape index (κ1) is 15.7. The van der Waals surface area contributed by atoms with Gasteiger partial charge in [-0.1, -0.05) is 30.3 Å². The molecular weight excluding hydrogens is 300 g/mol. The van der Waals surface area contributed by atoms with Gasteiger partial charge in [-0.3, -0.25) is 9.78 Å². The van der Waals surface area contributed by atoms with E-state index in [-0.39, 0.29) is 5.91 Å². The number of hydrogen-bond donors (Lipinski definition) is 1. The Hall–Kier alpha value is -3.14. The Morgan fingerprint density at radius 1 is 1.17 bits per heavy atom. The van der Waals surface area contributed by atoms with Crippen molar-refractivity contribution in [2.24, 2.45) is 0 Å². The van der Waals surface area contributed by atoms with Crippen molar-refractivity contribution in [3.63, 3.8) is 0 Å². The van der Waals surface area contributed by atoms with Crippen molar-refractivity contribution in [3.05, 3.63) is 78.0 Å². The van der Waals surface area contributed by atoms with E-state index in [4.69, 9.17) is 4.74 Å². The molecule has 0 aliphatic rings. The number of carbonyl (C=O) groups excluding carboxylic acids is 1. The van der Waals surface area contributed by atoms with Crippen LogP contribution < -0.4 is 10.1 Å². The van der Waals surface area contributed by atoms with Gasteiger partial charge in [0.2, 0.25) is 5.91 Å². The zero-order valence-electron chi connectivity index (χ0n) is 13.4. The fourth-order valence-corrected chi connectivity index (χ4v) is 2.46. The Bertz CT molecular complexity index is 882. The van der Waals surface area contributed by atoms with Gasteiger partial charge in [-0.05, 0) is 41.5 Å². The number of nitrogens with one attached hydrogen (secondary N) is 1. The second-order valence-corrected chi connectivity index (χ2v) is 5.32. The lowest BCUT2D eigenvalue weighted by atomic mass is 10.1. The summed E-state index contributed by atoms with van der Waals surface area (Å²) >= 11 is 0. The van der Waals surface area contributed by atoms with Crippen LogP contribution in [0.15, 0.2) is 66.9 Å². The predicted molar refractivity (Wildman–Crippen MR) is 95.6 cm³/mol. The molecule has 1 amide bonds. The number of carbonyl (C=O) groups is 1. The molecule has 0 aliphatic carbocycles. The maximum Gasteiger partial charge on any atom is 0.244 e. The minimum atomic E-state index is -0.140. The molecule has 0 bridgehead atoms. The van der Waals surface area contributed by atoms with E-state index in [0.717, 1.165) is 27.8 Å². The number of methoxy groups -OCH3 is 1. The summed E-state index contributed by atoms with van der Waals surface area (Å²) < 4.78 is 5.18. The molecule has 0 saturated carbocycles. The summed E-state index contributed by atoms with van der Waals surface area (Å²) in [7, 11) is 1.62. The Balaban J connectivity index is 1.66. The first-order chi connectivity index (χ1) is 11.8. The lowest BCUT2D eigenvalue weighted by molar-refractivity contribution is -0.116. The van der Waals surface area contributed by atoms with Crippen molar-refractivity contribution in [2.75, 3.05) is 7.11 Å². The molecule has 1 aromatic heterocycles. The summed E-state index contributed by atoms with van der Waals surface area (Å²) in [5.41, 5.74) is 2.87. The van der Waals surface area contributed by atoms with Gasteiger partial charge in [0.25, 0.3) is 0 Å². The van der Waals surface area contributed by atoms with Crippen LogP contribution in [0.5, 0.6) is 5.75 Å². The molecule has 4 heteroatoms. The van der Waals surface area contributed by atoms with Crippen molar-refractivity contribution in [3.8, 4) is 5.75 Å². The molecule has 0 fully saturated rings. The number of nitrogens with zero attached hydrogens (tertiary/aromatic N) is 1. The van der Waals surface area contributed by atoms with Crippen molar-refractivity contribution in [1.29, 1.82) is 0 Å². The Morgan fingerprint density at radius 3 is 2.92 bits per heavy atom. The molecule has 0 spiro atoms. The van der Waals surface area contributed by atoms with E-state index in [1.54, 1.807) is 19.4 Å². The Morgan fingerprint density at radius 2 is 2.04 bits per heavy atom. The third-order valence-corrected chi connectivity index (χ3v) is 3.70. The molecule has 4 nitrogen and oxygen atoms in total. The highest BCUT2D eigenvalue weighted by Crippen LogP contribution is 2.17. The van der Waals surface area contributed by atoms with Crippen molar-refractivity contribution >= 4 is 22.9 Å². The molecule has 0 saturated heterocycles. The minimum Gasteiger partial charge on any atom is -0.497 e. The molecule has 0 atom stereocenters. The SMILES string of the molecule is COc1cccc(CNC(=O)C=Cc2ccnc3ccccc23)c1. The summed E-state index contributed by atoms with van der Waals surface area (Å²) in [5, 5.41) is 3.90. The second kappa shape index (κ2) is 7.42. The zero-order valence-corrected chi connectivity index (χ0v) is 13.4. The first-order valence-electron chi connectivity index (χ1n) is 7.69. The monoisotopic (exact) mass is 318 g/mol. The predicted octanol–water partition coefficient (Wildman–Crippen LogP) is 3.57. The number of ether oxygens (including phenoxy) is 1. The Kier molecular flexibility index (Phi) is 4.87. The van der Waals surface area contributed by atoms with Crippen molar-refractivity contribution in [1.82, 2.24) is 10.3 Å². The van der Waals surface area contributed by atoms with Gasteiger partial charge in [0.1, 0.15) is 5.75 Å². The number of para-hydroxylation sites is 1. The van der Waals surface area contributed by atoms with Crippen LogP contribution in [0.25, 0.3) is 17.0 Å². The third kappa shape index (κ3) is 3.79. The molecule has 0 radical (unpaired) electrons. The molecule has 24 heavy (non-hydrogen) atoms. The number of fused-ring (bicyclic) bond motifs is 1. The molecule has 3 aromatic rings. The first-order valence-corrected chi connectivity index (χ1v) is 7.69. The number of benzene rings is 2. The smallest absolute Gasteiger partial charge is 0.244 e. The summed E-state index contributed by atoms with van der Waals surface area (Å²) in [6, 6.07) is 17.4. The molecule has 0 unspecified atom stereocenters. The lowest BCUT2D eigenvalue weighted by Gasteiger charge is -2.05. The molecule has 1 N–H and O–H groups in total. The van der Waals surface area contributed by atoms with Gasteiger partial charge in [-0.2, -0.15) is 0 Å². The van der Waals surface area contributed by atoms with E-state index in [1.165, 1.54) is 0 Å². The summed E-state index contributed by atoms with van der Waals surface area (Å²) in [6.07, 6.45) is 5.10. The van der Waals surface area contributed by atoms with Gasteiger partial charge in [0, 0.05) is 24.2 Å². The zero-order chi connectivity index (χ0) is 16.8. The van der Waals surface area contributed by atoms with Gasteiger partial charge in [0.05, 0.1) is 12.6 Å². The average Bonchev–Trinajstić information content (AvgIpc) is 2.64. The van der Waals surface area contributed by atoms with Crippen LogP contribution in [0, 0.1) is 0 Å². The fraction of sp³-hybridized carbons (Fsp3) is 0.100. The number of amides is 1. The molecule has 2 aromatic carbocycles. The van der Waals surface area contributed by atoms with Crippen LogP contribution in [0.3, 0.4) is 0 Å². The second-order valence-electron chi connectivity index (χ2n) is 5.32. The maximum atomic E-state index is 12.0. The highest BCUT2D eigenvalue weighted by atomic mass is 16.5. The van der Waals surface area contributed by atoms with E-state index in [2.05, 4.69) is 10.3 Å². The number of aromatic nitrogens is 1. The van der Waals surface area contributed by atoms with Crippen LogP contribution in [0.1, 0.15) is 11.1 Å². The number of pyridine rings is 1. The topological polar surface area (TPSA) is 51.2 Å². The normalized spacial score (nSPS) is 10.9. The van der Waals surface area contributed by atoms with Crippen LogP contribution in [0.2, 0.25) is 0 Å². The standard InChI is InChI=1S/C20H18N2O2/c1-24-17-6-4-5-15(13-17)14-22-20(23)10-9-16-11-12-21-19-8-3-2-7-18(16)19/h2-13H,14H2,1H3,(H,22,23). The maximum absolute atomic E-state index is 12.0. The van der Waals surface area contributed by atoms with E-state index in [0.29, 0.717) is 6.54 Å². The van der Waals surface area contributed by atoms with Crippen LogP contribution >= 0.6 is 0 Å². The van der Waals surface area contributed by atoms with Gasteiger partial charge in [-0.25, -0.2) is 0 Å². The highest BCUT2D eigenvalue weighted by molar-refractivity contribution is 5.95. The summed E-state index contributed by atoms with van der Waals surface area (Å²) in [4.78, 5) is 16.4.